The zero-order valence-electron chi connectivity index (χ0n) is 12.8. The normalized spacial score (nSPS) is 13.0. The molecule has 0 saturated heterocycles. The maximum absolute atomic E-state index is 12.4. The summed E-state index contributed by atoms with van der Waals surface area (Å²) in [6, 6.07) is 0. The molecule has 0 saturated carbocycles. The maximum atomic E-state index is 12.4. The lowest BCUT2D eigenvalue weighted by Gasteiger charge is -2.22. The van der Waals surface area contributed by atoms with Gasteiger partial charge in [0.15, 0.2) is 17.2 Å². The van der Waals surface area contributed by atoms with Crippen LogP contribution in [0.4, 0.5) is 0 Å². The second-order valence-corrected chi connectivity index (χ2v) is 6.58. The molecular weight excluding hydrogens is 329 g/mol. The number of nitrogens with two attached hydrogens (primary N) is 2. The van der Waals surface area contributed by atoms with E-state index >= 15 is 0 Å². The maximum Gasteiger partial charge on any atom is 0.358 e. The van der Waals surface area contributed by atoms with Gasteiger partial charge in [-0.05, 0) is 13.8 Å². The van der Waals surface area contributed by atoms with Gasteiger partial charge in [0.05, 0.1) is 13.2 Å². The van der Waals surface area contributed by atoms with E-state index in [2.05, 4.69) is 10.3 Å². The first-order valence-corrected chi connectivity index (χ1v) is 8.47. The first-order valence-electron chi connectivity index (χ1n) is 6.86. The standard InChI is InChI=1S/C11H20N5O6P/c1-3-21-23(20,22-4-2)7(17)5-6-16-9(11(13)19)8(10(12)18)14-15-16/h7,17H,3-6H2,1-2H3,(H2,12,18)(H2,13,19). The molecule has 0 aromatic carbocycles. The fraction of sp³-hybridized carbons (Fsp3) is 0.636. The number of rotatable bonds is 10. The highest BCUT2D eigenvalue weighted by atomic mass is 31.2. The predicted octanol–water partition coefficient (Wildman–Crippen LogP) is -0.549. The van der Waals surface area contributed by atoms with Crippen LogP contribution in [0.15, 0.2) is 0 Å². The molecule has 1 atom stereocenters. The molecule has 0 aliphatic carbocycles. The SMILES string of the molecule is CCOP(=O)(OCC)C(O)CCn1nnc(C(N)=O)c1C(N)=O. The topological polar surface area (TPSA) is 173 Å². The van der Waals surface area contributed by atoms with Crippen molar-refractivity contribution in [1.82, 2.24) is 15.0 Å². The molecule has 0 bridgehead atoms. The van der Waals surface area contributed by atoms with Crippen LogP contribution in [0.1, 0.15) is 41.2 Å². The lowest BCUT2D eigenvalue weighted by molar-refractivity contribution is 0.0957. The van der Waals surface area contributed by atoms with Gasteiger partial charge in [-0.3, -0.25) is 14.2 Å². The Balaban J connectivity index is 2.91. The molecule has 11 nitrogen and oxygen atoms in total. The minimum Gasteiger partial charge on any atom is -0.380 e. The minimum atomic E-state index is -3.71. The van der Waals surface area contributed by atoms with E-state index in [9.17, 15) is 19.3 Å². The molecule has 1 aromatic rings. The molecule has 130 valence electrons. The van der Waals surface area contributed by atoms with Crippen LogP contribution < -0.4 is 11.5 Å². The quantitative estimate of drug-likeness (QED) is 0.472. The van der Waals surface area contributed by atoms with Crippen molar-refractivity contribution >= 4 is 19.4 Å². The lowest BCUT2D eigenvalue weighted by atomic mass is 10.3. The van der Waals surface area contributed by atoms with E-state index in [-0.39, 0.29) is 37.6 Å². The minimum absolute atomic E-state index is 0.0933. The number of nitrogens with zero attached hydrogens (tertiary/aromatic N) is 3. The zero-order chi connectivity index (χ0) is 17.6. The van der Waals surface area contributed by atoms with Crippen LogP contribution in [0.2, 0.25) is 0 Å². The molecule has 0 aliphatic rings. The number of aromatic nitrogens is 3. The van der Waals surface area contributed by atoms with Crippen molar-refractivity contribution < 1.29 is 28.3 Å². The third-order valence-corrected chi connectivity index (χ3v) is 5.01. The number of hydrogen-bond acceptors (Lipinski definition) is 8. The molecule has 1 rings (SSSR count). The molecule has 1 aromatic heterocycles. The van der Waals surface area contributed by atoms with Gasteiger partial charge in [0.2, 0.25) is 0 Å². The summed E-state index contributed by atoms with van der Waals surface area (Å²) in [5.74, 6) is -3.35. The Morgan fingerprint density at radius 3 is 2.26 bits per heavy atom. The van der Waals surface area contributed by atoms with E-state index in [1.165, 1.54) is 0 Å². The molecule has 1 heterocycles. The Bertz CT molecular complexity index is 608. The molecule has 0 spiro atoms. The van der Waals surface area contributed by atoms with Crippen molar-refractivity contribution in [3.63, 3.8) is 0 Å². The highest BCUT2D eigenvalue weighted by Gasteiger charge is 2.34. The first-order chi connectivity index (χ1) is 10.8. The fourth-order valence-corrected chi connectivity index (χ4v) is 3.41. The van der Waals surface area contributed by atoms with E-state index in [1.807, 2.05) is 0 Å². The van der Waals surface area contributed by atoms with Crippen LogP contribution >= 0.6 is 7.60 Å². The summed E-state index contributed by atoms with van der Waals surface area (Å²) in [6.45, 7) is 3.32. The molecule has 2 amide bonds. The molecule has 0 aliphatic heterocycles. The Kier molecular flexibility index (Phi) is 6.82. The van der Waals surface area contributed by atoms with Gasteiger partial charge >= 0.3 is 7.60 Å². The lowest BCUT2D eigenvalue weighted by Crippen LogP contribution is -2.24. The average Bonchev–Trinajstić information content (AvgIpc) is 2.89. The van der Waals surface area contributed by atoms with Crippen molar-refractivity contribution in [3.05, 3.63) is 11.4 Å². The van der Waals surface area contributed by atoms with Gasteiger partial charge in [-0.2, -0.15) is 0 Å². The van der Waals surface area contributed by atoms with Crippen molar-refractivity contribution in [2.45, 2.75) is 32.7 Å². The number of carbonyl (C=O) groups is 2. The van der Waals surface area contributed by atoms with Gasteiger partial charge in [0, 0.05) is 13.0 Å². The van der Waals surface area contributed by atoms with Gasteiger partial charge in [-0.15, -0.1) is 5.10 Å². The Labute approximate surface area is 132 Å². The van der Waals surface area contributed by atoms with E-state index < -0.39 is 25.3 Å². The van der Waals surface area contributed by atoms with Crippen molar-refractivity contribution in [2.24, 2.45) is 11.5 Å². The molecule has 23 heavy (non-hydrogen) atoms. The molecule has 12 heteroatoms. The molecule has 1 unspecified atom stereocenters. The van der Waals surface area contributed by atoms with Crippen LogP contribution in [-0.4, -0.2) is 51.0 Å². The van der Waals surface area contributed by atoms with Crippen LogP contribution in [0.25, 0.3) is 0 Å². The molecule has 0 radical (unpaired) electrons. The number of primary amides is 2. The van der Waals surface area contributed by atoms with Gasteiger partial charge in [0.25, 0.3) is 11.8 Å². The van der Waals surface area contributed by atoms with E-state index in [0.29, 0.717) is 0 Å². The zero-order valence-corrected chi connectivity index (χ0v) is 13.7. The van der Waals surface area contributed by atoms with Gasteiger partial charge in [0.1, 0.15) is 0 Å². The largest absolute Gasteiger partial charge is 0.380 e. The second kappa shape index (κ2) is 8.16. The summed E-state index contributed by atoms with van der Waals surface area (Å²) in [5.41, 5.74) is 9.59. The van der Waals surface area contributed by atoms with Crippen LogP contribution in [0, 0.1) is 0 Å². The summed E-state index contributed by atoms with van der Waals surface area (Å²) >= 11 is 0. The van der Waals surface area contributed by atoms with Crippen LogP contribution in [0.3, 0.4) is 0 Å². The van der Waals surface area contributed by atoms with Crippen LogP contribution in [0.5, 0.6) is 0 Å². The third-order valence-electron chi connectivity index (χ3n) is 2.78. The van der Waals surface area contributed by atoms with Crippen molar-refractivity contribution in [2.75, 3.05) is 13.2 Å². The summed E-state index contributed by atoms with van der Waals surface area (Å²) in [6.07, 6.45) is -0.126. The molecular formula is C11H20N5O6P. The number of aliphatic hydroxyl groups is 1. The van der Waals surface area contributed by atoms with Gasteiger partial charge in [-0.1, -0.05) is 5.21 Å². The van der Waals surface area contributed by atoms with Gasteiger partial charge in [-0.25, -0.2) is 4.68 Å². The molecule has 5 N–H and O–H groups in total. The average molecular weight is 349 g/mol. The smallest absolute Gasteiger partial charge is 0.358 e. The van der Waals surface area contributed by atoms with Crippen molar-refractivity contribution in [3.8, 4) is 0 Å². The molecule has 0 fully saturated rings. The predicted molar refractivity (Wildman–Crippen MR) is 78.5 cm³/mol. The fourth-order valence-electron chi connectivity index (χ4n) is 1.84. The summed E-state index contributed by atoms with van der Waals surface area (Å²) in [5, 5.41) is 17.1. The Morgan fingerprint density at radius 1 is 1.26 bits per heavy atom. The highest BCUT2D eigenvalue weighted by molar-refractivity contribution is 7.54. The van der Waals surface area contributed by atoms with Gasteiger partial charge < -0.3 is 25.6 Å². The third kappa shape index (κ3) is 4.58. The van der Waals surface area contributed by atoms with E-state index in [1.54, 1.807) is 13.8 Å². The first kappa shape index (κ1) is 19.2. The summed E-state index contributed by atoms with van der Waals surface area (Å²) < 4.78 is 23.4. The van der Waals surface area contributed by atoms with E-state index in [4.69, 9.17) is 20.5 Å². The summed E-state index contributed by atoms with van der Waals surface area (Å²) in [7, 11) is -3.71. The Morgan fingerprint density at radius 2 is 1.83 bits per heavy atom. The van der Waals surface area contributed by atoms with Crippen molar-refractivity contribution in [1.29, 1.82) is 0 Å². The number of aryl methyl sites for hydroxylation is 1. The number of aliphatic hydroxyl groups excluding tert-OH is 1. The summed E-state index contributed by atoms with van der Waals surface area (Å²) in [4.78, 5) is 22.6. The number of hydrogen-bond donors (Lipinski definition) is 3. The second-order valence-electron chi connectivity index (χ2n) is 4.38. The number of carbonyl (C=O) groups excluding carboxylic acids is 2. The highest BCUT2D eigenvalue weighted by Crippen LogP contribution is 2.53. The van der Waals surface area contributed by atoms with Crippen LogP contribution in [-0.2, 0) is 20.2 Å². The number of amides is 2. The Hall–Kier alpha value is -1.81. The van der Waals surface area contributed by atoms with E-state index in [0.717, 1.165) is 4.68 Å². The monoisotopic (exact) mass is 349 g/mol.